The number of esters is 1. The lowest BCUT2D eigenvalue weighted by Gasteiger charge is -2.27. The molecule has 0 aliphatic carbocycles. The van der Waals surface area contributed by atoms with Crippen LogP contribution >= 0.6 is 0 Å². The molecule has 1 aromatic carbocycles. The van der Waals surface area contributed by atoms with Gasteiger partial charge in [0.15, 0.2) is 5.79 Å². The Balaban J connectivity index is 1.59. The minimum absolute atomic E-state index is 0.00720. The zero-order valence-corrected chi connectivity index (χ0v) is 19.3. The van der Waals surface area contributed by atoms with Crippen molar-refractivity contribution in [2.75, 3.05) is 13.2 Å². The Hall–Kier alpha value is -2.51. The third kappa shape index (κ3) is 6.50. The van der Waals surface area contributed by atoms with Gasteiger partial charge in [0, 0.05) is 18.0 Å². The van der Waals surface area contributed by atoms with E-state index in [0.29, 0.717) is 17.9 Å². The van der Waals surface area contributed by atoms with Crippen molar-refractivity contribution in [2.45, 2.75) is 77.1 Å². The van der Waals surface area contributed by atoms with Crippen molar-refractivity contribution in [3.63, 3.8) is 0 Å². The van der Waals surface area contributed by atoms with Crippen LogP contribution in [0.2, 0.25) is 0 Å². The largest absolute Gasteiger partial charge is 0.463 e. The first-order valence-electron chi connectivity index (χ1n) is 11.5. The second-order valence-corrected chi connectivity index (χ2v) is 8.54. The summed E-state index contributed by atoms with van der Waals surface area (Å²) in [5.41, 5.74) is -0.983. The highest BCUT2D eigenvalue weighted by Gasteiger charge is 2.54. The summed E-state index contributed by atoms with van der Waals surface area (Å²) in [5.74, 6) is -1.09. The second-order valence-electron chi connectivity index (χ2n) is 8.54. The highest BCUT2D eigenvalue weighted by atomic mass is 16.8. The van der Waals surface area contributed by atoms with Crippen LogP contribution in [0.1, 0.15) is 71.3 Å². The predicted molar refractivity (Wildman–Crippen MR) is 120 cm³/mol. The number of unbranched alkanes of at least 4 members (excludes halogenated alkanes) is 6. The van der Waals surface area contributed by atoms with Gasteiger partial charge in [0.25, 0.3) is 0 Å². The monoisotopic (exact) mass is 442 g/mol. The van der Waals surface area contributed by atoms with Crippen LogP contribution in [0, 0.1) is 0 Å². The third-order valence-electron chi connectivity index (χ3n) is 5.40. The maximum absolute atomic E-state index is 13.1. The third-order valence-corrected chi connectivity index (χ3v) is 5.40. The number of benzene rings is 1. The van der Waals surface area contributed by atoms with Gasteiger partial charge in [0.05, 0.1) is 13.2 Å². The minimum Gasteiger partial charge on any atom is -0.463 e. The molecule has 7 nitrogen and oxygen atoms in total. The van der Waals surface area contributed by atoms with E-state index >= 15 is 0 Å². The molecule has 7 heteroatoms. The van der Waals surface area contributed by atoms with Crippen molar-refractivity contribution in [2.24, 2.45) is 0 Å². The maximum Gasteiger partial charge on any atom is 0.351 e. The molecule has 0 spiro atoms. The first-order valence-corrected chi connectivity index (χ1v) is 11.5. The molecule has 1 atom stereocenters. The number of hydrogen-bond donors (Lipinski definition) is 0. The lowest BCUT2D eigenvalue weighted by molar-refractivity contribution is -0.185. The van der Waals surface area contributed by atoms with E-state index in [9.17, 15) is 4.79 Å². The number of aromatic nitrogens is 2. The molecule has 1 saturated heterocycles. The van der Waals surface area contributed by atoms with Crippen LogP contribution in [0.4, 0.5) is 0 Å². The Kier molecular flexibility index (Phi) is 8.59. The van der Waals surface area contributed by atoms with Crippen LogP contribution in [0.25, 0.3) is 0 Å². The van der Waals surface area contributed by atoms with Crippen molar-refractivity contribution in [3.05, 3.63) is 48.3 Å². The van der Waals surface area contributed by atoms with Gasteiger partial charge in [0.2, 0.25) is 5.60 Å². The van der Waals surface area contributed by atoms with Crippen LogP contribution in [0.3, 0.4) is 0 Å². The Bertz CT molecular complexity index is 841. The maximum atomic E-state index is 13.1. The summed E-state index contributed by atoms with van der Waals surface area (Å²) in [5, 5.41) is 0. The predicted octanol–water partition coefficient (Wildman–Crippen LogP) is 5.19. The van der Waals surface area contributed by atoms with Crippen molar-refractivity contribution < 1.29 is 23.7 Å². The topological polar surface area (TPSA) is 79.8 Å². The molecule has 1 aliphatic heterocycles. The van der Waals surface area contributed by atoms with Crippen molar-refractivity contribution in [1.82, 2.24) is 9.97 Å². The first-order chi connectivity index (χ1) is 15.5. The summed E-state index contributed by atoms with van der Waals surface area (Å²) in [4.78, 5) is 21.7. The molecule has 0 saturated carbocycles. The van der Waals surface area contributed by atoms with E-state index in [0.717, 1.165) is 12.8 Å². The molecular weight excluding hydrogens is 408 g/mol. The fourth-order valence-corrected chi connectivity index (χ4v) is 3.61. The molecule has 174 valence electrons. The molecule has 0 bridgehead atoms. The summed E-state index contributed by atoms with van der Waals surface area (Å²) in [6.45, 7) is 6.31. The number of carbonyl (C=O) groups excluding carboxylic acids is 1. The summed E-state index contributed by atoms with van der Waals surface area (Å²) < 4.78 is 23.0. The van der Waals surface area contributed by atoms with E-state index in [1.165, 1.54) is 32.1 Å². The zero-order chi connectivity index (χ0) is 22.9. The molecule has 2 aromatic rings. The van der Waals surface area contributed by atoms with Gasteiger partial charge in [-0.1, -0.05) is 63.6 Å². The number of carbonyl (C=O) groups is 1. The van der Waals surface area contributed by atoms with E-state index in [2.05, 4.69) is 16.9 Å². The molecule has 0 N–H and O–H groups in total. The summed E-state index contributed by atoms with van der Waals surface area (Å²) in [6.07, 6.45) is 11.6. The van der Waals surface area contributed by atoms with E-state index in [1.54, 1.807) is 50.5 Å². The van der Waals surface area contributed by atoms with Gasteiger partial charge in [-0.3, -0.25) is 0 Å². The molecule has 0 amide bonds. The highest BCUT2D eigenvalue weighted by Crippen LogP contribution is 2.39. The highest BCUT2D eigenvalue weighted by molar-refractivity contribution is 5.83. The van der Waals surface area contributed by atoms with Gasteiger partial charge in [-0.2, -0.15) is 0 Å². The fourth-order valence-electron chi connectivity index (χ4n) is 3.61. The Morgan fingerprint density at radius 1 is 1.00 bits per heavy atom. The van der Waals surface area contributed by atoms with Gasteiger partial charge < -0.3 is 18.9 Å². The van der Waals surface area contributed by atoms with Crippen molar-refractivity contribution >= 4 is 5.97 Å². The second kappa shape index (κ2) is 11.4. The molecule has 2 heterocycles. The lowest BCUT2D eigenvalue weighted by Crippen LogP contribution is -2.43. The smallest absolute Gasteiger partial charge is 0.351 e. The standard InChI is InChI=1S/C25H34N2O5/c1-4-5-6-7-8-9-13-16-29-23-26-17-20(18-27-23)25(19-30-24(2,3)32-25)22(28)31-21-14-11-10-12-15-21/h10-12,14-15,17-18H,4-9,13,16,19H2,1-3H3/t25-/m0/s1. The molecule has 32 heavy (non-hydrogen) atoms. The van der Waals surface area contributed by atoms with Gasteiger partial charge in [-0.15, -0.1) is 0 Å². The number of ether oxygens (including phenoxy) is 4. The summed E-state index contributed by atoms with van der Waals surface area (Å²) >= 11 is 0. The SMILES string of the molecule is CCCCCCCCCOc1ncc([C@]2(C(=O)Oc3ccccc3)COC(C)(C)O2)cn1. The molecule has 1 aromatic heterocycles. The molecule has 0 radical (unpaired) electrons. The Labute approximate surface area is 190 Å². The molecular formula is C25H34N2O5. The van der Waals surface area contributed by atoms with Crippen LogP contribution < -0.4 is 9.47 Å². The van der Waals surface area contributed by atoms with Crippen LogP contribution in [0.5, 0.6) is 11.8 Å². The molecule has 1 fully saturated rings. The number of para-hydroxylation sites is 1. The van der Waals surface area contributed by atoms with Crippen molar-refractivity contribution in [1.29, 1.82) is 0 Å². The van der Waals surface area contributed by atoms with E-state index in [1.807, 2.05) is 6.07 Å². The van der Waals surface area contributed by atoms with Crippen molar-refractivity contribution in [3.8, 4) is 11.8 Å². The average Bonchev–Trinajstić information content (AvgIpc) is 3.13. The zero-order valence-electron chi connectivity index (χ0n) is 19.3. The Morgan fingerprint density at radius 3 is 2.28 bits per heavy atom. The fraction of sp³-hybridized carbons (Fsp3) is 0.560. The normalized spacial score (nSPS) is 19.6. The van der Waals surface area contributed by atoms with Gasteiger partial charge in [-0.25, -0.2) is 14.8 Å². The van der Waals surface area contributed by atoms with Gasteiger partial charge >= 0.3 is 12.0 Å². The van der Waals surface area contributed by atoms with Gasteiger partial charge in [0.1, 0.15) is 5.75 Å². The van der Waals surface area contributed by atoms with Crippen LogP contribution in [-0.2, 0) is 19.9 Å². The number of nitrogens with zero attached hydrogens (tertiary/aromatic N) is 2. The van der Waals surface area contributed by atoms with Crippen LogP contribution in [0.15, 0.2) is 42.7 Å². The molecule has 1 aliphatic rings. The van der Waals surface area contributed by atoms with Gasteiger partial charge in [-0.05, 0) is 32.4 Å². The Morgan fingerprint density at radius 2 is 1.66 bits per heavy atom. The average molecular weight is 443 g/mol. The number of hydrogen-bond acceptors (Lipinski definition) is 7. The van der Waals surface area contributed by atoms with Crippen LogP contribution in [-0.4, -0.2) is 34.9 Å². The molecule has 3 rings (SSSR count). The van der Waals surface area contributed by atoms with E-state index in [-0.39, 0.29) is 12.6 Å². The first kappa shape index (κ1) is 24.1. The summed E-state index contributed by atoms with van der Waals surface area (Å²) in [7, 11) is 0. The quantitative estimate of drug-likeness (QED) is 0.254. The summed E-state index contributed by atoms with van der Waals surface area (Å²) in [6, 6.07) is 9.15. The molecule has 0 unspecified atom stereocenters. The minimum atomic E-state index is -1.45. The van der Waals surface area contributed by atoms with E-state index < -0.39 is 17.4 Å². The number of rotatable bonds is 12. The van der Waals surface area contributed by atoms with E-state index in [4.69, 9.17) is 18.9 Å². The lowest BCUT2D eigenvalue weighted by atomic mass is 9.97.